The summed E-state index contributed by atoms with van der Waals surface area (Å²) in [5.41, 5.74) is 0. The van der Waals surface area contributed by atoms with E-state index in [4.69, 9.17) is 9.47 Å². The first kappa shape index (κ1) is 11.5. The van der Waals surface area contributed by atoms with E-state index in [9.17, 15) is 9.90 Å². The molecule has 0 spiro atoms. The van der Waals surface area contributed by atoms with Crippen LogP contribution in [0.4, 0.5) is 0 Å². The fraction of sp³-hybridized carbons (Fsp3) is 0.900. The highest BCUT2D eigenvalue weighted by molar-refractivity contribution is 5.69. The Morgan fingerprint density at radius 3 is 3.07 bits per heavy atom. The molecule has 1 heterocycles. The number of aliphatic hydroxyl groups is 1. The van der Waals surface area contributed by atoms with Crippen LogP contribution >= 0.6 is 0 Å². The maximum Gasteiger partial charge on any atom is 0.308 e. The molecule has 1 fully saturated rings. The average molecular weight is 202 g/mol. The van der Waals surface area contributed by atoms with Gasteiger partial charge in [0.25, 0.3) is 0 Å². The highest BCUT2D eigenvalue weighted by Gasteiger charge is 2.24. The van der Waals surface area contributed by atoms with Crippen LogP contribution in [-0.4, -0.2) is 37.0 Å². The predicted molar refractivity (Wildman–Crippen MR) is 50.8 cm³/mol. The van der Waals surface area contributed by atoms with Gasteiger partial charge in [0.05, 0.1) is 25.7 Å². The lowest BCUT2D eigenvalue weighted by Crippen LogP contribution is -2.31. The number of carbonyl (C=O) groups excluding carboxylic acids is 1. The van der Waals surface area contributed by atoms with Crippen molar-refractivity contribution in [2.45, 2.75) is 32.3 Å². The summed E-state index contributed by atoms with van der Waals surface area (Å²) in [5.74, 6) is -0.237. The summed E-state index contributed by atoms with van der Waals surface area (Å²) in [5, 5.41) is 9.69. The maximum atomic E-state index is 11.1. The number of aliphatic hydroxyl groups excluding tert-OH is 1. The Morgan fingerprint density at radius 2 is 2.50 bits per heavy atom. The van der Waals surface area contributed by atoms with Gasteiger partial charge in [0.1, 0.15) is 0 Å². The summed E-state index contributed by atoms with van der Waals surface area (Å²) in [6, 6.07) is 0. The summed E-state index contributed by atoms with van der Waals surface area (Å²) < 4.78 is 10.00. The first-order chi connectivity index (χ1) is 6.74. The van der Waals surface area contributed by atoms with Gasteiger partial charge in [-0.05, 0) is 19.8 Å². The van der Waals surface area contributed by atoms with Crippen molar-refractivity contribution in [1.29, 1.82) is 0 Å². The summed E-state index contributed by atoms with van der Waals surface area (Å²) in [6.45, 7) is 3.45. The number of carbonyl (C=O) groups is 1. The Bertz CT molecular complexity index is 175. The van der Waals surface area contributed by atoms with Crippen LogP contribution in [0.3, 0.4) is 0 Å². The van der Waals surface area contributed by atoms with Crippen molar-refractivity contribution in [3.8, 4) is 0 Å². The molecule has 14 heavy (non-hydrogen) atoms. The molecule has 0 aromatic heterocycles. The normalized spacial score (nSPS) is 24.3. The molecule has 1 rings (SSSR count). The Balaban J connectivity index is 2.25. The van der Waals surface area contributed by atoms with Gasteiger partial charge in [-0.1, -0.05) is 0 Å². The number of hydrogen-bond donors (Lipinski definition) is 1. The average Bonchev–Trinajstić information content (AvgIpc) is 2.19. The lowest BCUT2D eigenvalue weighted by molar-refractivity contribution is -0.146. The molecule has 1 saturated heterocycles. The van der Waals surface area contributed by atoms with E-state index >= 15 is 0 Å². The summed E-state index contributed by atoms with van der Waals surface area (Å²) in [6.07, 6.45) is 1.36. The van der Waals surface area contributed by atoms with Crippen LogP contribution in [0.15, 0.2) is 0 Å². The largest absolute Gasteiger partial charge is 0.466 e. The van der Waals surface area contributed by atoms with E-state index in [1.54, 1.807) is 6.92 Å². The molecule has 0 saturated carbocycles. The third-order valence-electron chi connectivity index (χ3n) is 2.42. The molecule has 0 amide bonds. The number of ether oxygens (including phenoxy) is 2. The van der Waals surface area contributed by atoms with Crippen LogP contribution < -0.4 is 0 Å². The monoisotopic (exact) mass is 202 g/mol. The van der Waals surface area contributed by atoms with Gasteiger partial charge in [0, 0.05) is 12.5 Å². The molecule has 0 aliphatic carbocycles. The summed E-state index contributed by atoms with van der Waals surface area (Å²) in [7, 11) is 0. The van der Waals surface area contributed by atoms with Crippen LogP contribution in [0.25, 0.3) is 0 Å². The molecule has 82 valence electrons. The molecule has 1 N–H and O–H groups in total. The van der Waals surface area contributed by atoms with Gasteiger partial charge in [-0.3, -0.25) is 4.79 Å². The Hall–Kier alpha value is -0.610. The first-order valence-electron chi connectivity index (χ1n) is 5.15. The second-order valence-corrected chi connectivity index (χ2v) is 3.55. The Morgan fingerprint density at radius 1 is 1.71 bits per heavy atom. The van der Waals surface area contributed by atoms with Crippen molar-refractivity contribution in [3.63, 3.8) is 0 Å². The Labute approximate surface area is 84.2 Å². The molecule has 0 radical (unpaired) electrons. The van der Waals surface area contributed by atoms with Gasteiger partial charge in [0.2, 0.25) is 0 Å². The molecular formula is C10H18O4. The van der Waals surface area contributed by atoms with Crippen molar-refractivity contribution in [3.05, 3.63) is 0 Å². The van der Waals surface area contributed by atoms with Crippen molar-refractivity contribution in [2.75, 3.05) is 19.8 Å². The topological polar surface area (TPSA) is 55.8 Å². The first-order valence-corrected chi connectivity index (χ1v) is 5.15. The zero-order valence-electron chi connectivity index (χ0n) is 8.57. The van der Waals surface area contributed by atoms with E-state index in [1.165, 1.54) is 0 Å². The molecular weight excluding hydrogens is 184 g/mol. The minimum atomic E-state index is -0.616. The predicted octanol–water partition coefficient (Wildman–Crippen LogP) is 0.727. The van der Waals surface area contributed by atoms with Gasteiger partial charge >= 0.3 is 5.97 Å². The van der Waals surface area contributed by atoms with E-state index < -0.39 is 6.10 Å². The van der Waals surface area contributed by atoms with Gasteiger partial charge in [-0.25, -0.2) is 0 Å². The quantitative estimate of drug-likeness (QED) is 0.683. The van der Waals surface area contributed by atoms with Gasteiger partial charge in [-0.2, -0.15) is 0 Å². The summed E-state index contributed by atoms with van der Waals surface area (Å²) >= 11 is 0. The zero-order valence-corrected chi connectivity index (χ0v) is 8.57. The second-order valence-electron chi connectivity index (χ2n) is 3.55. The lowest BCUT2D eigenvalue weighted by Gasteiger charge is -2.25. The minimum Gasteiger partial charge on any atom is -0.466 e. The molecule has 4 heteroatoms. The highest BCUT2D eigenvalue weighted by Crippen LogP contribution is 2.19. The molecule has 2 atom stereocenters. The number of esters is 1. The van der Waals surface area contributed by atoms with E-state index in [0.29, 0.717) is 13.2 Å². The minimum absolute atomic E-state index is 0.0852. The molecule has 0 bridgehead atoms. The number of hydrogen-bond acceptors (Lipinski definition) is 4. The van der Waals surface area contributed by atoms with Gasteiger partial charge in [0.15, 0.2) is 0 Å². The molecule has 0 aromatic carbocycles. The second kappa shape index (κ2) is 5.98. The molecule has 0 aromatic rings. The molecule has 1 aliphatic rings. The SMILES string of the molecule is CCOC(=O)CC(O)C1CCCOC1. The van der Waals surface area contributed by atoms with Crippen LogP contribution in [-0.2, 0) is 14.3 Å². The zero-order chi connectivity index (χ0) is 10.4. The maximum absolute atomic E-state index is 11.1. The van der Waals surface area contributed by atoms with Gasteiger partial charge in [-0.15, -0.1) is 0 Å². The Kier molecular flexibility index (Phi) is 4.90. The fourth-order valence-corrected chi connectivity index (χ4v) is 1.63. The summed E-state index contributed by atoms with van der Waals surface area (Å²) in [4.78, 5) is 11.1. The fourth-order valence-electron chi connectivity index (χ4n) is 1.63. The van der Waals surface area contributed by atoms with Gasteiger partial charge < -0.3 is 14.6 Å². The van der Waals surface area contributed by atoms with Crippen molar-refractivity contribution in [2.24, 2.45) is 5.92 Å². The van der Waals surface area contributed by atoms with E-state index in [1.807, 2.05) is 0 Å². The third-order valence-corrected chi connectivity index (χ3v) is 2.42. The van der Waals surface area contributed by atoms with Crippen LogP contribution in [0.5, 0.6) is 0 Å². The van der Waals surface area contributed by atoms with Crippen LogP contribution in [0, 0.1) is 5.92 Å². The third kappa shape index (κ3) is 3.64. The highest BCUT2D eigenvalue weighted by atomic mass is 16.5. The van der Waals surface area contributed by atoms with E-state index in [-0.39, 0.29) is 18.3 Å². The number of rotatable bonds is 4. The van der Waals surface area contributed by atoms with Crippen LogP contribution in [0.2, 0.25) is 0 Å². The van der Waals surface area contributed by atoms with Crippen molar-refractivity contribution < 1.29 is 19.4 Å². The van der Waals surface area contributed by atoms with E-state index in [2.05, 4.69) is 0 Å². The molecule has 2 unspecified atom stereocenters. The van der Waals surface area contributed by atoms with Crippen LogP contribution in [0.1, 0.15) is 26.2 Å². The smallest absolute Gasteiger partial charge is 0.308 e. The standard InChI is InChI=1S/C10H18O4/c1-2-14-10(12)6-9(11)8-4-3-5-13-7-8/h8-9,11H,2-7H2,1H3. The van der Waals surface area contributed by atoms with E-state index in [0.717, 1.165) is 19.4 Å². The molecule has 1 aliphatic heterocycles. The molecule has 4 nitrogen and oxygen atoms in total. The lowest BCUT2D eigenvalue weighted by atomic mass is 9.94. The van der Waals surface area contributed by atoms with Crippen molar-refractivity contribution in [1.82, 2.24) is 0 Å². The van der Waals surface area contributed by atoms with Crippen molar-refractivity contribution >= 4 is 5.97 Å².